The summed E-state index contributed by atoms with van der Waals surface area (Å²) in [7, 11) is 0. The van der Waals surface area contributed by atoms with E-state index in [2.05, 4.69) is 25.3 Å². The van der Waals surface area contributed by atoms with Gasteiger partial charge in [0.25, 0.3) is 5.91 Å². The molecule has 3 heterocycles. The number of nitrogens with one attached hydrogen (secondary N) is 2. The Hall–Kier alpha value is -4.49. The third kappa shape index (κ3) is 4.90. The molecule has 1 atom stereocenters. The minimum Gasteiger partial charge on any atom is -0.448 e. The van der Waals surface area contributed by atoms with Crippen LogP contribution >= 0.6 is 11.6 Å². The van der Waals surface area contributed by atoms with Crippen molar-refractivity contribution >= 4 is 46.5 Å². The number of ether oxygens (including phenoxy) is 1. The van der Waals surface area contributed by atoms with Gasteiger partial charge < -0.3 is 19.6 Å². The number of nitriles is 1. The number of halogens is 1. The molecule has 1 amide bonds. The Bertz CT molecular complexity index is 1510. The summed E-state index contributed by atoms with van der Waals surface area (Å²) >= 11 is 6.13. The fourth-order valence-corrected chi connectivity index (χ4v) is 3.78. The van der Waals surface area contributed by atoms with Crippen molar-refractivity contribution in [2.75, 3.05) is 5.32 Å². The van der Waals surface area contributed by atoms with Gasteiger partial charge in [0.15, 0.2) is 17.6 Å². The monoisotopic (exact) mass is 489 g/mol. The molecule has 1 unspecified atom stereocenters. The number of aryl methyl sites for hydroxylation is 1. The number of carbonyl (C=O) groups excluding carboxylic acids is 2. The van der Waals surface area contributed by atoms with Gasteiger partial charge in [-0.25, -0.2) is 19.7 Å². The van der Waals surface area contributed by atoms with Gasteiger partial charge in [-0.3, -0.25) is 4.79 Å². The second kappa shape index (κ2) is 9.79. The molecule has 0 radical (unpaired) electrons. The molecule has 4 rings (SSSR count). The van der Waals surface area contributed by atoms with Gasteiger partial charge in [-0.2, -0.15) is 5.26 Å². The van der Waals surface area contributed by atoms with E-state index in [0.29, 0.717) is 21.7 Å². The first-order valence-electron chi connectivity index (χ1n) is 10.5. The fourth-order valence-electron chi connectivity index (χ4n) is 3.59. The summed E-state index contributed by atoms with van der Waals surface area (Å²) in [5.41, 5.74) is 3.80. The van der Waals surface area contributed by atoms with Crippen molar-refractivity contribution in [3.8, 4) is 11.8 Å². The molecule has 0 fully saturated rings. The molecule has 0 saturated heterocycles. The van der Waals surface area contributed by atoms with Crippen LogP contribution in [0.4, 0.5) is 5.82 Å². The second-order valence-electron chi connectivity index (χ2n) is 7.67. The van der Waals surface area contributed by atoms with Crippen LogP contribution in [0.25, 0.3) is 22.9 Å². The maximum Gasteiger partial charge on any atom is 0.349 e. The van der Waals surface area contributed by atoms with Crippen molar-refractivity contribution in [1.29, 1.82) is 5.26 Å². The van der Waals surface area contributed by atoms with E-state index in [1.54, 1.807) is 6.07 Å². The Morgan fingerprint density at radius 3 is 2.80 bits per heavy atom. The molecule has 0 aliphatic rings. The first-order chi connectivity index (χ1) is 16.8. The van der Waals surface area contributed by atoms with E-state index >= 15 is 0 Å². The van der Waals surface area contributed by atoms with Gasteiger partial charge in [0, 0.05) is 22.1 Å². The van der Waals surface area contributed by atoms with Gasteiger partial charge >= 0.3 is 5.97 Å². The van der Waals surface area contributed by atoms with E-state index in [1.807, 2.05) is 48.7 Å². The van der Waals surface area contributed by atoms with E-state index in [0.717, 1.165) is 17.1 Å². The zero-order chi connectivity index (χ0) is 25.1. The van der Waals surface area contributed by atoms with Gasteiger partial charge in [0.05, 0.1) is 6.33 Å². The quantitative estimate of drug-likeness (QED) is 0.238. The number of benzene rings is 1. The average molecular weight is 490 g/mol. The largest absolute Gasteiger partial charge is 0.448 e. The van der Waals surface area contributed by atoms with Crippen LogP contribution in [0, 0.1) is 25.2 Å². The van der Waals surface area contributed by atoms with Crippen LogP contribution in [-0.2, 0) is 14.3 Å². The molecule has 4 aromatic rings. The predicted molar refractivity (Wildman–Crippen MR) is 130 cm³/mol. The molecule has 0 aliphatic carbocycles. The van der Waals surface area contributed by atoms with Crippen LogP contribution in [0.15, 0.2) is 48.6 Å². The maximum absolute atomic E-state index is 12.7. The van der Waals surface area contributed by atoms with Crippen molar-refractivity contribution < 1.29 is 14.3 Å². The summed E-state index contributed by atoms with van der Waals surface area (Å²) in [4.78, 5) is 40.1. The van der Waals surface area contributed by atoms with Crippen LogP contribution in [0.3, 0.4) is 0 Å². The van der Waals surface area contributed by atoms with Crippen LogP contribution < -0.4 is 5.32 Å². The topological polar surface area (TPSA) is 139 Å². The molecule has 0 aliphatic heterocycles. The smallest absolute Gasteiger partial charge is 0.349 e. The molecule has 11 heteroatoms. The molecule has 0 spiro atoms. The lowest BCUT2D eigenvalue weighted by Crippen LogP contribution is -2.30. The Balaban J connectivity index is 1.51. The summed E-state index contributed by atoms with van der Waals surface area (Å²) in [6, 6.07) is 11.1. The Morgan fingerprint density at radius 1 is 1.26 bits per heavy atom. The Morgan fingerprint density at radius 2 is 2.06 bits per heavy atom. The summed E-state index contributed by atoms with van der Waals surface area (Å²) < 4.78 is 7.21. The van der Waals surface area contributed by atoms with Crippen molar-refractivity contribution in [1.82, 2.24) is 24.5 Å². The van der Waals surface area contributed by atoms with Crippen molar-refractivity contribution in [2.45, 2.75) is 26.9 Å². The lowest BCUT2D eigenvalue weighted by molar-refractivity contribution is -0.148. The molecule has 3 aromatic heterocycles. The first-order valence-corrected chi connectivity index (χ1v) is 10.9. The summed E-state index contributed by atoms with van der Waals surface area (Å²) in [5, 5.41) is 12.8. The highest BCUT2D eigenvalue weighted by Crippen LogP contribution is 2.25. The fraction of sp³-hybridized carbons (Fsp3) is 0.167. The highest BCUT2D eigenvalue weighted by Gasteiger charge is 2.23. The number of hydrogen-bond donors (Lipinski definition) is 2. The number of H-pyrrole nitrogens is 1. The lowest BCUT2D eigenvalue weighted by atomic mass is 10.1. The third-order valence-electron chi connectivity index (χ3n) is 5.29. The third-order valence-corrected chi connectivity index (χ3v) is 5.53. The summed E-state index contributed by atoms with van der Waals surface area (Å²) in [6.07, 6.45) is 2.93. The van der Waals surface area contributed by atoms with Crippen molar-refractivity contribution in [3.05, 3.63) is 70.5 Å². The molecule has 35 heavy (non-hydrogen) atoms. The van der Waals surface area contributed by atoms with Gasteiger partial charge in [0.1, 0.15) is 23.5 Å². The van der Waals surface area contributed by atoms with Crippen LogP contribution in [0.2, 0.25) is 5.02 Å². The number of hydrogen-bond acceptors (Lipinski definition) is 7. The van der Waals surface area contributed by atoms with Gasteiger partial charge in [-0.05, 0) is 56.7 Å². The highest BCUT2D eigenvalue weighted by molar-refractivity contribution is 6.30. The summed E-state index contributed by atoms with van der Waals surface area (Å²) in [5.74, 6) is -1.34. The predicted octanol–water partition coefficient (Wildman–Crippen LogP) is 3.89. The molecule has 176 valence electrons. The second-order valence-corrected chi connectivity index (χ2v) is 8.11. The minimum absolute atomic E-state index is 0.199. The first kappa shape index (κ1) is 23.7. The van der Waals surface area contributed by atoms with Crippen LogP contribution in [-0.4, -0.2) is 42.5 Å². The number of anilines is 1. The Labute approximate surface area is 205 Å². The van der Waals surface area contributed by atoms with Crippen LogP contribution in [0.5, 0.6) is 0 Å². The molecule has 1 aromatic carbocycles. The molecule has 10 nitrogen and oxygen atoms in total. The molecule has 0 bridgehead atoms. The molecule has 0 saturated carbocycles. The number of fused-ring (bicyclic) bond motifs is 1. The van der Waals surface area contributed by atoms with Gasteiger partial charge in [-0.15, -0.1) is 0 Å². The zero-order valence-corrected chi connectivity index (χ0v) is 19.8. The highest BCUT2D eigenvalue weighted by atomic mass is 35.5. The number of carbonyl (C=O) groups is 2. The summed E-state index contributed by atoms with van der Waals surface area (Å²) in [6.45, 7) is 5.18. The van der Waals surface area contributed by atoms with Crippen LogP contribution in [0.1, 0.15) is 23.9 Å². The molecule has 2 N–H and O–H groups in total. The number of aromatic nitrogens is 5. The maximum atomic E-state index is 12.7. The van der Waals surface area contributed by atoms with Crippen molar-refractivity contribution in [3.63, 3.8) is 0 Å². The van der Waals surface area contributed by atoms with Gasteiger partial charge in [0.2, 0.25) is 0 Å². The lowest BCUT2D eigenvalue weighted by Gasteiger charge is -2.13. The number of amides is 1. The SMILES string of the molecule is Cc1cc(/C=C(\C#N)C(=O)OC(C)C(=O)Nc2ncnc3nc[nH]c23)c(C)n1-c1cccc(Cl)c1. The van der Waals surface area contributed by atoms with E-state index in [1.165, 1.54) is 25.7 Å². The normalized spacial score (nSPS) is 12.3. The van der Waals surface area contributed by atoms with Gasteiger partial charge in [-0.1, -0.05) is 17.7 Å². The van der Waals surface area contributed by atoms with E-state index in [4.69, 9.17) is 16.3 Å². The Kier molecular flexibility index (Phi) is 6.62. The number of rotatable bonds is 6. The standard InChI is InChI=1S/C24H20ClN7O3/c1-13-7-16(14(2)32(13)19-6-4-5-18(25)9-19)8-17(10-26)24(34)35-15(3)23(33)31-22-20-21(28-11-27-20)29-12-30-22/h4-9,11-12,15H,1-3H3,(H2,27,28,29,30,31,33)/b17-8+. The van der Waals surface area contributed by atoms with E-state index in [9.17, 15) is 14.9 Å². The number of aromatic amines is 1. The number of imidazole rings is 1. The average Bonchev–Trinajstić information content (AvgIpc) is 3.41. The number of nitrogens with zero attached hydrogens (tertiary/aromatic N) is 5. The zero-order valence-electron chi connectivity index (χ0n) is 19.0. The van der Waals surface area contributed by atoms with Crippen molar-refractivity contribution in [2.24, 2.45) is 0 Å². The molecular weight excluding hydrogens is 470 g/mol. The van der Waals surface area contributed by atoms with E-state index < -0.39 is 18.0 Å². The minimum atomic E-state index is -1.19. The molecular formula is C24H20ClN7O3. The number of esters is 1. The van der Waals surface area contributed by atoms with E-state index in [-0.39, 0.29) is 11.4 Å².